The molecule has 2 rings (SSSR count). The summed E-state index contributed by atoms with van der Waals surface area (Å²) in [4.78, 5) is 4.34. The summed E-state index contributed by atoms with van der Waals surface area (Å²) in [7, 11) is 1.73. The zero-order valence-electron chi connectivity index (χ0n) is 11.9. The van der Waals surface area contributed by atoms with E-state index in [-0.39, 0.29) is 18.0 Å². The molecule has 0 spiro atoms. The number of nitrogens with zero attached hydrogens (tertiary/aromatic N) is 2. The molecule has 1 fully saturated rings. The minimum absolute atomic E-state index is 0.0544. The maximum absolute atomic E-state index is 8.74. The first-order valence-corrected chi connectivity index (χ1v) is 6.78. The molecule has 0 aromatic carbocycles. The Morgan fingerprint density at radius 1 is 1.40 bits per heavy atom. The summed E-state index contributed by atoms with van der Waals surface area (Å²) in [5.74, 6) is 0.562. The normalized spacial score (nSPS) is 23.6. The van der Waals surface area contributed by atoms with Gasteiger partial charge >= 0.3 is 0 Å². The van der Waals surface area contributed by atoms with Crippen LogP contribution in [0.3, 0.4) is 0 Å². The van der Waals surface area contributed by atoms with Crippen molar-refractivity contribution < 1.29 is 14.7 Å². The van der Waals surface area contributed by atoms with E-state index in [2.05, 4.69) is 10.1 Å². The Kier molecular flexibility index (Phi) is 4.79. The van der Waals surface area contributed by atoms with Crippen LogP contribution in [0.2, 0.25) is 0 Å². The molecule has 1 aromatic heterocycles. The molecule has 110 valence electrons. The zero-order valence-corrected chi connectivity index (χ0v) is 11.9. The fraction of sp³-hybridized carbons (Fsp3) is 0.571. The Labute approximate surface area is 118 Å². The zero-order chi connectivity index (χ0) is 14.5. The second kappa shape index (κ2) is 6.56. The van der Waals surface area contributed by atoms with Gasteiger partial charge in [0.1, 0.15) is 6.10 Å². The van der Waals surface area contributed by atoms with Crippen LogP contribution in [0.4, 0.5) is 0 Å². The van der Waals surface area contributed by atoms with Crippen molar-refractivity contribution in [2.24, 2.45) is 10.9 Å². The third-order valence-corrected chi connectivity index (χ3v) is 3.53. The molecule has 0 saturated heterocycles. The molecule has 20 heavy (non-hydrogen) atoms. The summed E-state index contributed by atoms with van der Waals surface area (Å²) in [5, 5.41) is 11.7. The smallest absolute Gasteiger partial charge is 0.214 e. The van der Waals surface area contributed by atoms with Crippen LogP contribution >= 0.6 is 0 Å². The molecule has 1 saturated carbocycles. The van der Waals surface area contributed by atoms with Gasteiger partial charge in [0.25, 0.3) is 0 Å². The van der Waals surface area contributed by atoms with Crippen molar-refractivity contribution in [3.8, 4) is 5.88 Å². The molecular weight excluding hydrogens is 258 g/mol. The summed E-state index contributed by atoms with van der Waals surface area (Å²) >= 11 is 0. The molecule has 3 N–H and O–H groups in total. The van der Waals surface area contributed by atoms with Gasteiger partial charge in [0.05, 0.1) is 6.10 Å². The third-order valence-electron chi connectivity index (χ3n) is 3.53. The van der Waals surface area contributed by atoms with Crippen molar-refractivity contribution in [3.05, 3.63) is 23.4 Å². The average Bonchev–Trinajstić information content (AvgIpc) is 2.46. The van der Waals surface area contributed by atoms with E-state index in [1.54, 1.807) is 19.2 Å². The van der Waals surface area contributed by atoms with Crippen molar-refractivity contribution in [3.63, 3.8) is 0 Å². The molecule has 1 aromatic rings. The maximum Gasteiger partial charge on any atom is 0.214 e. The number of oxime groups is 1. The minimum Gasteiger partial charge on any atom is -0.474 e. The van der Waals surface area contributed by atoms with E-state index in [1.165, 1.54) is 0 Å². The molecule has 6 heteroatoms. The van der Waals surface area contributed by atoms with Crippen molar-refractivity contribution in [1.82, 2.24) is 4.98 Å². The number of aromatic nitrogens is 1. The highest BCUT2D eigenvalue weighted by Gasteiger charge is 2.23. The highest BCUT2D eigenvalue weighted by molar-refractivity contribution is 5.97. The van der Waals surface area contributed by atoms with E-state index < -0.39 is 0 Å². The summed E-state index contributed by atoms with van der Waals surface area (Å²) in [6.45, 7) is 1.85. The van der Waals surface area contributed by atoms with Gasteiger partial charge in [-0.15, -0.1) is 0 Å². The van der Waals surface area contributed by atoms with E-state index in [1.807, 2.05) is 6.92 Å². The predicted octanol–water partition coefficient (Wildman–Crippen LogP) is 1.82. The summed E-state index contributed by atoms with van der Waals surface area (Å²) in [6.07, 6.45) is 4.37. The summed E-state index contributed by atoms with van der Waals surface area (Å²) in [5.41, 5.74) is 6.98. The molecule has 6 nitrogen and oxygen atoms in total. The molecule has 1 aliphatic rings. The lowest BCUT2D eigenvalue weighted by atomic mass is 9.95. The number of amidine groups is 1. The highest BCUT2D eigenvalue weighted by Crippen LogP contribution is 2.25. The van der Waals surface area contributed by atoms with Crippen molar-refractivity contribution in [2.45, 2.75) is 44.8 Å². The Balaban J connectivity index is 2.11. The Morgan fingerprint density at radius 2 is 2.15 bits per heavy atom. The van der Waals surface area contributed by atoms with E-state index in [0.717, 1.165) is 31.4 Å². The Hall–Kier alpha value is -1.82. The van der Waals surface area contributed by atoms with Gasteiger partial charge in [0.15, 0.2) is 5.84 Å². The molecule has 2 atom stereocenters. The van der Waals surface area contributed by atoms with Crippen LogP contribution in [0.25, 0.3) is 0 Å². The average molecular weight is 279 g/mol. The first-order valence-electron chi connectivity index (χ1n) is 6.78. The molecule has 0 bridgehead atoms. The molecule has 0 amide bonds. The van der Waals surface area contributed by atoms with Gasteiger partial charge in [0.2, 0.25) is 5.88 Å². The first-order chi connectivity index (χ1) is 9.62. The van der Waals surface area contributed by atoms with Crippen LogP contribution in [0, 0.1) is 6.92 Å². The largest absolute Gasteiger partial charge is 0.474 e. The van der Waals surface area contributed by atoms with Gasteiger partial charge in [-0.3, -0.25) is 0 Å². The molecule has 0 radical (unpaired) electrons. The van der Waals surface area contributed by atoms with Crippen molar-refractivity contribution >= 4 is 5.84 Å². The number of methoxy groups -OCH3 is 1. The molecule has 1 aliphatic carbocycles. The summed E-state index contributed by atoms with van der Waals surface area (Å²) < 4.78 is 11.3. The molecule has 2 unspecified atom stereocenters. The number of hydrogen-bond donors (Lipinski definition) is 2. The first kappa shape index (κ1) is 14.6. The third kappa shape index (κ3) is 3.60. The number of nitrogens with two attached hydrogens (primary N) is 1. The molecular formula is C14H21N3O3. The fourth-order valence-electron chi connectivity index (χ4n) is 2.50. The van der Waals surface area contributed by atoms with Crippen LogP contribution in [-0.2, 0) is 4.74 Å². The van der Waals surface area contributed by atoms with Gasteiger partial charge in [-0.2, -0.15) is 0 Å². The van der Waals surface area contributed by atoms with Gasteiger partial charge in [-0.25, -0.2) is 4.98 Å². The predicted molar refractivity (Wildman–Crippen MR) is 75.2 cm³/mol. The second-order valence-electron chi connectivity index (χ2n) is 5.08. The van der Waals surface area contributed by atoms with E-state index in [4.69, 9.17) is 20.4 Å². The lowest BCUT2D eigenvalue weighted by molar-refractivity contribution is 0.0195. The molecule has 0 aliphatic heterocycles. The van der Waals surface area contributed by atoms with Crippen molar-refractivity contribution in [1.29, 1.82) is 0 Å². The topological polar surface area (TPSA) is 90.0 Å². The van der Waals surface area contributed by atoms with Crippen LogP contribution in [0.5, 0.6) is 5.88 Å². The van der Waals surface area contributed by atoms with Crippen molar-refractivity contribution in [2.75, 3.05) is 7.11 Å². The fourth-order valence-corrected chi connectivity index (χ4v) is 2.50. The van der Waals surface area contributed by atoms with Crippen LogP contribution in [0.1, 0.15) is 36.9 Å². The monoisotopic (exact) mass is 279 g/mol. The SMILES string of the molecule is COC1CCCC(Oc2cc(/C(N)=N/O)cc(C)n2)C1. The Bertz CT molecular complexity index is 491. The lowest BCUT2D eigenvalue weighted by Crippen LogP contribution is -2.29. The highest BCUT2D eigenvalue weighted by atomic mass is 16.5. The second-order valence-corrected chi connectivity index (χ2v) is 5.08. The number of pyridine rings is 1. The number of aryl methyl sites for hydroxylation is 1. The van der Waals surface area contributed by atoms with E-state index in [9.17, 15) is 0 Å². The number of rotatable bonds is 4. The molecule has 1 heterocycles. The van der Waals surface area contributed by atoms with E-state index >= 15 is 0 Å². The van der Waals surface area contributed by atoms with Crippen LogP contribution in [0.15, 0.2) is 17.3 Å². The summed E-state index contributed by atoms with van der Waals surface area (Å²) in [6, 6.07) is 3.44. The Morgan fingerprint density at radius 3 is 2.85 bits per heavy atom. The number of hydrogen-bond acceptors (Lipinski definition) is 5. The maximum atomic E-state index is 8.74. The van der Waals surface area contributed by atoms with Crippen LogP contribution < -0.4 is 10.5 Å². The quantitative estimate of drug-likeness (QED) is 0.380. The van der Waals surface area contributed by atoms with E-state index in [0.29, 0.717) is 11.4 Å². The van der Waals surface area contributed by atoms with Gasteiger partial charge in [-0.05, 0) is 32.3 Å². The van der Waals surface area contributed by atoms with Gasteiger partial charge in [-0.1, -0.05) is 5.16 Å². The van der Waals surface area contributed by atoms with Crippen LogP contribution in [-0.4, -0.2) is 35.3 Å². The van der Waals surface area contributed by atoms with Gasteiger partial charge < -0.3 is 20.4 Å². The minimum atomic E-state index is 0.0544. The number of ether oxygens (including phenoxy) is 2. The standard InChI is InChI=1S/C14H21N3O3/c1-9-6-10(14(15)17-18)7-13(16-9)20-12-5-3-4-11(8-12)19-2/h6-7,11-12,18H,3-5,8H2,1-2H3,(H2,15,17). The lowest BCUT2D eigenvalue weighted by Gasteiger charge is -2.28. The van der Waals surface area contributed by atoms with Gasteiger partial charge in [0, 0.05) is 30.9 Å².